The summed E-state index contributed by atoms with van der Waals surface area (Å²) in [6.07, 6.45) is 1.37. The first kappa shape index (κ1) is 18.9. The normalized spacial score (nSPS) is 12.3. The van der Waals surface area contributed by atoms with Crippen molar-refractivity contribution in [3.8, 4) is 0 Å². The van der Waals surface area contributed by atoms with Gasteiger partial charge in [0.15, 0.2) is 15.9 Å². The summed E-state index contributed by atoms with van der Waals surface area (Å²) in [4.78, 5) is 28.0. The van der Waals surface area contributed by atoms with Gasteiger partial charge in [-0.2, -0.15) is 0 Å². The number of hydrogen-bond acceptors (Lipinski definition) is 6. The number of anilines is 1. The highest BCUT2D eigenvalue weighted by atomic mass is 35.5. The second kappa shape index (κ2) is 7.62. The van der Waals surface area contributed by atoms with Crippen LogP contribution >= 0.6 is 11.6 Å². The fourth-order valence-electron chi connectivity index (χ4n) is 1.80. The molecule has 1 aromatic heterocycles. The molecule has 1 unspecified atom stereocenters. The van der Waals surface area contributed by atoms with E-state index in [1.54, 1.807) is 6.07 Å². The summed E-state index contributed by atoms with van der Waals surface area (Å²) in [6.45, 7) is 1.41. The van der Waals surface area contributed by atoms with E-state index in [0.717, 1.165) is 6.26 Å². The highest BCUT2D eigenvalue weighted by Gasteiger charge is 2.20. The Morgan fingerprint density at radius 2 is 1.80 bits per heavy atom. The molecule has 0 saturated heterocycles. The van der Waals surface area contributed by atoms with E-state index in [0.29, 0.717) is 5.02 Å². The number of pyridine rings is 1. The third-order valence-electron chi connectivity index (χ3n) is 3.15. The quantitative estimate of drug-likeness (QED) is 0.796. The Hall–Kier alpha value is -2.45. The molecule has 1 heterocycles. The summed E-state index contributed by atoms with van der Waals surface area (Å²) in [6, 6.07) is 8.32. The maximum atomic E-state index is 12.0. The van der Waals surface area contributed by atoms with Gasteiger partial charge in [-0.3, -0.25) is 4.79 Å². The number of halogens is 1. The number of rotatable bonds is 5. The molecule has 0 fully saturated rings. The lowest BCUT2D eigenvalue weighted by molar-refractivity contribution is -0.123. The number of hydrogen-bond donors (Lipinski definition) is 1. The molecule has 132 valence electrons. The predicted octanol–water partition coefficient (Wildman–Crippen LogP) is 2.32. The van der Waals surface area contributed by atoms with Gasteiger partial charge in [0.1, 0.15) is 5.82 Å². The van der Waals surface area contributed by atoms with Crippen molar-refractivity contribution in [2.75, 3.05) is 11.6 Å². The van der Waals surface area contributed by atoms with Crippen LogP contribution in [0.3, 0.4) is 0 Å². The van der Waals surface area contributed by atoms with Crippen molar-refractivity contribution in [2.24, 2.45) is 0 Å². The summed E-state index contributed by atoms with van der Waals surface area (Å²) in [7, 11) is -3.35. The number of carbonyl (C=O) groups excluding carboxylic acids is 2. The molecule has 1 amide bonds. The van der Waals surface area contributed by atoms with Crippen LogP contribution in [0.15, 0.2) is 47.5 Å². The second-order valence-electron chi connectivity index (χ2n) is 5.19. The van der Waals surface area contributed by atoms with Crippen LogP contribution in [-0.4, -0.2) is 37.6 Å². The first-order chi connectivity index (χ1) is 11.7. The van der Waals surface area contributed by atoms with Gasteiger partial charge in [0.05, 0.1) is 15.5 Å². The first-order valence-electron chi connectivity index (χ1n) is 7.10. The fourth-order valence-corrected chi connectivity index (χ4v) is 2.54. The molecule has 0 bridgehead atoms. The smallest absolute Gasteiger partial charge is 0.338 e. The van der Waals surface area contributed by atoms with Gasteiger partial charge in [0.25, 0.3) is 5.91 Å². The number of nitrogens with zero attached hydrogens (tertiary/aromatic N) is 1. The van der Waals surface area contributed by atoms with Crippen LogP contribution in [0.25, 0.3) is 0 Å². The van der Waals surface area contributed by atoms with Gasteiger partial charge in [-0.25, -0.2) is 18.2 Å². The standard InChI is InChI=1S/C16H15ClN2O5S/c1-10(15(20)19-14-8-5-12(17)9-18-14)24-16(21)11-3-6-13(7-4-11)25(2,22)23/h3-10H,1-2H3,(H,18,19,20). The molecule has 1 N–H and O–H groups in total. The minimum absolute atomic E-state index is 0.0867. The Kier molecular flexibility index (Phi) is 5.76. The summed E-state index contributed by atoms with van der Waals surface area (Å²) in [5.41, 5.74) is 0.136. The van der Waals surface area contributed by atoms with Crippen LogP contribution in [0.5, 0.6) is 0 Å². The number of benzene rings is 1. The Morgan fingerprint density at radius 3 is 2.32 bits per heavy atom. The molecule has 2 rings (SSSR count). The highest BCUT2D eigenvalue weighted by molar-refractivity contribution is 7.90. The lowest BCUT2D eigenvalue weighted by atomic mass is 10.2. The van der Waals surface area contributed by atoms with E-state index in [2.05, 4.69) is 10.3 Å². The van der Waals surface area contributed by atoms with Crippen molar-refractivity contribution in [1.29, 1.82) is 0 Å². The van der Waals surface area contributed by atoms with E-state index in [1.165, 1.54) is 43.5 Å². The van der Waals surface area contributed by atoms with Crippen LogP contribution in [0.4, 0.5) is 5.82 Å². The molecular formula is C16H15ClN2O5S. The van der Waals surface area contributed by atoms with Gasteiger partial charge in [0, 0.05) is 12.5 Å². The molecular weight excluding hydrogens is 368 g/mol. The van der Waals surface area contributed by atoms with Gasteiger partial charge in [-0.1, -0.05) is 11.6 Å². The van der Waals surface area contributed by atoms with Crippen LogP contribution in [0.1, 0.15) is 17.3 Å². The number of carbonyl (C=O) groups is 2. The molecule has 0 aliphatic rings. The van der Waals surface area contributed by atoms with Crippen molar-refractivity contribution in [1.82, 2.24) is 4.98 Å². The average Bonchev–Trinajstić information content (AvgIpc) is 2.56. The summed E-state index contributed by atoms with van der Waals surface area (Å²) < 4.78 is 27.9. The van der Waals surface area contributed by atoms with Gasteiger partial charge >= 0.3 is 5.97 Å². The molecule has 0 saturated carbocycles. The first-order valence-corrected chi connectivity index (χ1v) is 9.37. The van der Waals surface area contributed by atoms with E-state index in [9.17, 15) is 18.0 Å². The Labute approximate surface area is 149 Å². The van der Waals surface area contributed by atoms with Crippen LogP contribution < -0.4 is 5.32 Å². The van der Waals surface area contributed by atoms with E-state index in [-0.39, 0.29) is 16.3 Å². The van der Waals surface area contributed by atoms with E-state index < -0.39 is 27.8 Å². The Balaban J connectivity index is 1.99. The van der Waals surface area contributed by atoms with Crippen molar-refractivity contribution in [3.05, 3.63) is 53.2 Å². The maximum absolute atomic E-state index is 12.0. The van der Waals surface area contributed by atoms with Crippen molar-refractivity contribution >= 4 is 39.1 Å². The van der Waals surface area contributed by atoms with E-state index in [1.807, 2.05) is 0 Å². The SMILES string of the molecule is CC(OC(=O)c1ccc(S(C)(=O)=O)cc1)C(=O)Nc1ccc(Cl)cn1. The number of aromatic nitrogens is 1. The Bertz CT molecular complexity index is 880. The molecule has 1 aromatic carbocycles. The van der Waals surface area contributed by atoms with Crippen LogP contribution in [-0.2, 0) is 19.4 Å². The highest BCUT2D eigenvalue weighted by Crippen LogP contribution is 2.13. The van der Waals surface area contributed by atoms with Crippen LogP contribution in [0, 0.1) is 0 Å². The molecule has 0 aliphatic heterocycles. The lowest BCUT2D eigenvalue weighted by Gasteiger charge is -2.13. The summed E-state index contributed by atoms with van der Waals surface area (Å²) in [5.74, 6) is -1.03. The minimum atomic E-state index is -3.35. The third-order valence-corrected chi connectivity index (χ3v) is 4.50. The number of ether oxygens (including phenoxy) is 1. The number of amides is 1. The minimum Gasteiger partial charge on any atom is -0.449 e. The average molecular weight is 383 g/mol. The second-order valence-corrected chi connectivity index (χ2v) is 7.65. The van der Waals surface area contributed by atoms with Crippen molar-refractivity contribution < 1.29 is 22.7 Å². The van der Waals surface area contributed by atoms with Crippen molar-refractivity contribution in [3.63, 3.8) is 0 Å². The number of sulfone groups is 1. The summed E-state index contributed by atoms with van der Waals surface area (Å²) in [5, 5.41) is 2.92. The molecule has 2 aromatic rings. The molecule has 7 nitrogen and oxygen atoms in total. The number of nitrogens with one attached hydrogen (secondary N) is 1. The molecule has 1 atom stereocenters. The zero-order valence-electron chi connectivity index (χ0n) is 13.4. The fraction of sp³-hybridized carbons (Fsp3) is 0.188. The Morgan fingerprint density at radius 1 is 1.16 bits per heavy atom. The summed E-state index contributed by atoms with van der Waals surface area (Å²) >= 11 is 5.70. The zero-order chi connectivity index (χ0) is 18.6. The molecule has 0 spiro atoms. The van der Waals surface area contributed by atoms with Gasteiger partial charge < -0.3 is 10.1 Å². The van der Waals surface area contributed by atoms with Gasteiger partial charge in [-0.15, -0.1) is 0 Å². The number of esters is 1. The molecule has 0 radical (unpaired) electrons. The zero-order valence-corrected chi connectivity index (χ0v) is 15.0. The lowest BCUT2D eigenvalue weighted by Crippen LogP contribution is -2.30. The van der Waals surface area contributed by atoms with E-state index in [4.69, 9.17) is 16.3 Å². The topological polar surface area (TPSA) is 102 Å². The largest absolute Gasteiger partial charge is 0.449 e. The van der Waals surface area contributed by atoms with Gasteiger partial charge in [0.2, 0.25) is 0 Å². The van der Waals surface area contributed by atoms with Gasteiger partial charge in [-0.05, 0) is 43.3 Å². The van der Waals surface area contributed by atoms with Crippen LogP contribution in [0.2, 0.25) is 5.02 Å². The van der Waals surface area contributed by atoms with E-state index >= 15 is 0 Å². The molecule has 25 heavy (non-hydrogen) atoms. The monoisotopic (exact) mass is 382 g/mol. The molecule has 0 aliphatic carbocycles. The van der Waals surface area contributed by atoms with Crippen molar-refractivity contribution in [2.45, 2.75) is 17.9 Å². The molecule has 9 heteroatoms. The predicted molar refractivity (Wildman–Crippen MR) is 92.3 cm³/mol. The third kappa shape index (κ3) is 5.27. The maximum Gasteiger partial charge on any atom is 0.338 e.